The summed E-state index contributed by atoms with van der Waals surface area (Å²) < 4.78 is 10.00. The third kappa shape index (κ3) is 4.22. The van der Waals surface area contributed by atoms with Gasteiger partial charge in [-0.3, -0.25) is 0 Å². The Balaban J connectivity index is 3.04. The van der Waals surface area contributed by atoms with Gasteiger partial charge in [-0.25, -0.2) is 4.79 Å². The predicted octanol–water partition coefficient (Wildman–Crippen LogP) is 1.35. The second kappa shape index (κ2) is 7.11. The van der Waals surface area contributed by atoms with Gasteiger partial charge in [-0.15, -0.1) is 0 Å². The zero-order valence-electron chi connectivity index (χ0n) is 11.8. The normalized spacial score (nSPS) is 12.3. The quantitative estimate of drug-likeness (QED) is 0.788. The number of hydrogen-bond acceptors (Lipinski definition) is 5. The van der Waals surface area contributed by atoms with Crippen molar-refractivity contribution in [3.8, 4) is 5.75 Å². The Labute approximate surface area is 113 Å². The van der Waals surface area contributed by atoms with E-state index in [1.165, 1.54) is 7.11 Å². The number of aliphatic hydroxyl groups excluding tert-OH is 1. The van der Waals surface area contributed by atoms with Crippen molar-refractivity contribution in [2.45, 2.75) is 19.6 Å². The highest BCUT2D eigenvalue weighted by Crippen LogP contribution is 2.27. The van der Waals surface area contributed by atoms with E-state index in [0.29, 0.717) is 17.9 Å². The highest BCUT2D eigenvalue weighted by molar-refractivity contribution is 5.77. The van der Waals surface area contributed by atoms with Crippen LogP contribution in [0.25, 0.3) is 0 Å². The van der Waals surface area contributed by atoms with Crippen molar-refractivity contribution in [2.75, 3.05) is 27.8 Å². The van der Waals surface area contributed by atoms with Crippen LogP contribution in [0, 0.1) is 0 Å². The molecule has 1 aromatic carbocycles. The van der Waals surface area contributed by atoms with Gasteiger partial charge in [0.2, 0.25) is 0 Å². The second-order valence-corrected chi connectivity index (χ2v) is 4.47. The number of aliphatic hydroxyl groups is 1. The number of benzene rings is 1. The Bertz CT molecular complexity index is 431. The number of ether oxygens (including phenoxy) is 2. The molecule has 0 fully saturated rings. The molecule has 5 heteroatoms. The summed E-state index contributed by atoms with van der Waals surface area (Å²) in [6.45, 7) is 2.65. The number of esters is 1. The molecule has 0 amide bonds. The minimum atomic E-state index is -1.32. The lowest BCUT2D eigenvalue weighted by atomic mass is 10.0. The molecule has 0 aromatic heterocycles. The van der Waals surface area contributed by atoms with Crippen molar-refractivity contribution >= 4 is 5.97 Å². The van der Waals surface area contributed by atoms with Crippen molar-refractivity contribution in [2.24, 2.45) is 0 Å². The van der Waals surface area contributed by atoms with Crippen LogP contribution in [0.1, 0.15) is 24.2 Å². The van der Waals surface area contributed by atoms with E-state index in [1.807, 2.05) is 25.1 Å². The first-order valence-corrected chi connectivity index (χ1v) is 6.15. The maximum Gasteiger partial charge on any atom is 0.339 e. The summed E-state index contributed by atoms with van der Waals surface area (Å²) in [6.07, 6.45) is -1.32. The number of carbonyl (C=O) groups excluding carboxylic acids is 1. The number of carbonyl (C=O) groups is 1. The van der Waals surface area contributed by atoms with Crippen LogP contribution < -0.4 is 4.74 Å². The average molecular weight is 267 g/mol. The lowest BCUT2D eigenvalue weighted by Crippen LogP contribution is -2.17. The summed E-state index contributed by atoms with van der Waals surface area (Å²) in [5, 5.41) is 10.0. The molecule has 1 atom stereocenters. The van der Waals surface area contributed by atoms with Gasteiger partial charge < -0.3 is 19.5 Å². The maximum atomic E-state index is 11.6. The molecule has 1 rings (SSSR count). The SMILES string of the molecule is CCOC(=O)C(O)c1cc(CN(C)C)ccc1OC. The summed E-state index contributed by atoms with van der Waals surface area (Å²) in [4.78, 5) is 13.6. The summed E-state index contributed by atoms with van der Waals surface area (Å²) in [5.74, 6) is -0.189. The van der Waals surface area contributed by atoms with Crippen LogP contribution in [0.15, 0.2) is 18.2 Å². The molecule has 0 saturated heterocycles. The van der Waals surface area contributed by atoms with Crippen molar-refractivity contribution in [1.82, 2.24) is 4.90 Å². The number of methoxy groups -OCH3 is 1. The zero-order chi connectivity index (χ0) is 14.4. The molecule has 106 valence electrons. The van der Waals surface area contributed by atoms with Gasteiger partial charge in [0.05, 0.1) is 13.7 Å². The molecular weight excluding hydrogens is 246 g/mol. The van der Waals surface area contributed by atoms with E-state index in [9.17, 15) is 9.90 Å². The smallest absolute Gasteiger partial charge is 0.339 e. The molecule has 0 radical (unpaired) electrons. The fourth-order valence-corrected chi connectivity index (χ4v) is 1.81. The molecule has 1 unspecified atom stereocenters. The first-order valence-electron chi connectivity index (χ1n) is 6.15. The molecule has 0 aliphatic heterocycles. The first-order chi connectivity index (χ1) is 8.99. The van der Waals surface area contributed by atoms with Crippen LogP contribution in [0.2, 0.25) is 0 Å². The van der Waals surface area contributed by atoms with Crippen molar-refractivity contribution in [3.63, 3.8) is 0 Å². The molecule has 0 aliphatic rings. The fraction of sp³-hybridized carbons (Fsp3) is 0.500. The van der Waals surface area contributed by atoms with Crippen molar-refractivity contribution in [3.05, 3.63) is 29.3 Å². The van der Waals surface area contributed by atoms with Crippen molar-refractivity contribution < 1.29 is 19.4 Å². The highest BCUT2D eigenvalue weighted by atomic mass is 16.5. The molecule has 1 aromatic rings. The van der Waals surface area contributed by atoms with Gasteiger partial charge >= 0.3 is 5.97 Å². The first kappa shape index (κ1) is 15.5. The van der Waals surface area contributed by atoms with Crippen LogP contribution in [0.5, 0.6) is 5.75 Å². The Morgan fingerprint density at radius 3 is 2.63 bits per heavy atom. The van der Waals surface area contributed by atoms with Crippen LogP contribution in [0.3, 0.4) is 0 Å². The van der Waals surface area contributed by atoms with Crippen LogP contribution >= 0.6 is 0 Å². The lowest BCUT2D eigenvalue weighted by Gasteiger charge is -2.16. The van der Waals surface area contributed by atoms with Crippen LogP contribution in [-0.2, 0) is 16.1 Å². The molecule has 19 heavy (non-hydrogen) atoms. The van der Waals surface area contributed by atoms with E-state index in [1.54, 1.807) is 19.1 Å². The molecule has 0 bridgehead atoms. The fourth-order valence-electron chi connectivity index (χ4n) is 1.81. The highest BCUT2D eigenvalue weighted by Gasteiger charge is 2.22. The van der Waals surface area contributed by atoms with Gasteiger partial charge in [0, 0.05) is 12.1 Å². The van der Waals surface area contributed by atoms with Crippen LogP contribution in [0.4, 0.5) is 0 Å². The van der Waals surface area contributed by atoms with Gasteiger partial charge in [-0.1, -0.05) is 6.07 Å². The van der Waals surface area contributed by atoms with Gasteiger partial charge in [0.25, 0.3) is 0 Å². The van der Waals surface area contributed by atoms with E-state index in [-0.39, 0.29) is 6.61 Å². The minimum Gasteiger partial charge on any atom is -0.496 e. The zero-order valence-corrected chi connectivity index (χ0v) is 11.8. The monoisotopic (exact) mass is 267 g/mol. The molecule has 0 heterocycles. The molecule has 1 N–H and O–H groups in total. The van der Waals surface area contributed by atoms with Crippen LogP contribution in [-0.4, -0.2) is 43.8 Å². The molecule has 0 saturated carbocycles. The molecular formula is C14H21NO4. The third-order valence-corrected chi connectivity index (χ3v) is 2.60. The number of rotatable bonds is 6. The maximum absolute atomic E-state index is 11.6. The summed E-state index contributed by atoms with van der Waals surface area (Å²) in [7, 11) is 5.40. The third-order valence-electron chi connectivity index (χ3n) is 2.60. The molecule has 0 spiro atoms. The van der Waals surface area contributed by atoms with E-state index in [2.05, 4.69) is 0 Å². The summed E-state index contributed by atoms with van der Waals surface area (Å²) >= 11 is 0. The Kier molecular flexibility index (Phi) is 5.79. The lowest BCUT2D eigenvalue weighted by molar-refractivity contribution is -0.153. The minimum absolute atomic E-state index is 0.232. The van der Waals surface area contributed by atoms with Gasteiger partial charge in [-0.2, -0.15) is 0 Å². The Hall–Kier alpha value is -1.59. The number of nitrogens with zero attached hydrogens (tertiary/aromatic N) is 1. The van der Waals surface area contributed by atoms with E-state index < -0.39 is 12.1 Å². The van der Waals surface area contributed by atoms with Gasteiger partial charge in [0.1, 0.15) is 5.75 Å². The molecule has 0 aliphatic carbocycles. The van der Waals surface area contributed by atoms with Gasteiger partial charge in [-0.05, 0) is 38.7 Å². The summed E-state index contributed by atoms with van der Waals surface area (Å²) in [5.41, 5.74) is 1.42. The van der Waals surface area contributed by atoms with Gasteiger partial charge in [0.15, 0.2) is 6.10 Å². The Morgan fingerprint density at radius 1 is 1.42 bits per heavy atom. The number of hydrogen-bond donors (Lipinski definition) is 1. The van der Waals surface area contributed by atoms with Crippen molar-refractivity contribution in [1.29, 1.82) is 0 Å². The molecule has 5 nitrogen and oxygen atoms in total. The average Bonchev–Trinajstić information content (AvgIpc) is 2.37. The van der Waals surface area contributed by atoms with E-state index >= 15 is 0 Å². The largest absolute Gasteiger partial charge is 0.496 e. The predicted molar refractivity (Wildman–Crippen MR) is 72.0 cm³/mol. The Morgan fingerprint density at radius 2 is 2.11 bits per heavy atom. The van der Waals surface area contributed by atoms with E-state index in [0.717, 1.165) is 5.56 Å². The second-order valence-electron chi connectivity index (χ2n) is 4.47. The van der Waals surface area contributed by atoms with E-state index in [4.69, 9.17) is 9.47 Å². The summed E-state index contributed by atoms with van der Waals surface area (Å²) in [6, 6.07) is 5.41. The topological polar surface area (TPSA) is 59.0 Å². The standard InChI is InChI=1S/C14H21NO4/c1-5-19-14(17)13(16)11-8-10(9-15(2)3)6-7-12(11)18-4/h6-8,13,16H,5,9H2,1-4H3.